The van der Waals surface area contributed by atoms with E-state index >= 15 is 0 Å². The second-order valence-electron chi connectivity index (χ2n) is 4.14. The fraction of sp³-hybridized carbons (Fsp3) is 0.727. The Morgan fingerprint density at radius 1 is 1.41 bits per heavy atom. The molecule has 0 spiro atoms. The molecule has 0 aromatic rings. The van der Waals surface area contributed by atoms with Gasteiger partial charge >= 0.3 is 0 Å². The highest BCUT2D eigenvalue weighted by Crippen LogP contribution is 2.21. The molecule has 0 heterocycles. The lowest BCUT2D eigenvalue weighted by molar-refractivity contribution is -0.133. The number of hydrogen-bond donors (Lipinski definition) is 2. The molecular weight excluding hydrogens is 238 g/mol. The monoisotopic (exact) mass is 259 g/mol. The molecule has 1 unspecified atom stereocenters. The second kappa shape index (κ2) is 6.54. The van der Waals surface area contributed by atoms with Crippen LogP contribution in [-0.2, 0) is 9.59 Å². The molecule has 0 saturated carbocycles. The molecule has 3 N–H and O–H groups in total. The number of amides is 2. The number of nitrogens with one attached hydrogen (secondary N) is 1. The number of rotatable bonds is 6. The smallest absolute Gasteiger partial charge is 0.241 e. The largest absolute Gasteiger partial charge is 0.392 e. The summed E-state index contributed by atoms with van der Waals surface area (Å²) in [6.45, 7) is 5.96. The zero-order valence-electron chi connectivity index (χ0n) is 10.9. The first kappa shape index (κ1) is 15.8. The predicted octanol–water partition coefficient (Wildman–Crippen LogP) is 0.283. The first-order valence-corrected chi connectivity index (χ1v) is 6.02. The van der Waals surface area contributed by atoms with Crippen molar-refractivity contribution >= 4 is 29.0 Å². The number of hydrogen-bond acceptors (Lipinski definition) is 3. The standard InChI is InChI=1S/C11H21N3O2S/c1-5-11(3,9(12)17)10(16)13-7-8(15)14(4)6-2/h5-7H2,1-4H3,(H2,12,17)(H,13,16). The van der Waals surface area contributed by atoms with Crippen molar-refractivity contribution in [1.82, 2.24) is 10.2 Å². The van der Waals surface area contributed by atoms with Gasteiger partial charge < -0.3 is 16.0 Å². The Labute approximate surface area is 108 Å². The average molecular weight is 259 g/mol. The number of carbonyl (C=O) groups is 2. The van der Waals surface area contributed by atoms with Crippen LogP contribution >= 0.6 is 12.2 Å². The summed E-state index contributed by atoms with van der Waals surface area (Å²) in [7, 11) is 1.68. The van der Waals surface area contributed by atoms with Crippen molar-refractivity contribution in [2.45, 2.75) is 27.2 Å². The topological polar surface area (TPSA) is 75.4 Å². The first-order chi connectivity index (χ1) is 7.79. The lowest BCUT2D eigenvalue weighted by Gasteiger charge is -2.25. The summed E-state index contributed by atoms with van der Waals surface area (Å²) in [5.41, 5.74) is 4.66. The van der Waals surface area contributed by atoms with Crippen LogP contribution in [0.3, 0.4) is 0 Å². The molecule has 0 fully saturated rings. The molecule has 0 saturated heterocycles. The molecule has 98 valence electrons. The molecule has 0 aliphatic heterocycles. The fourth-order valence-corrected chi connectivity index (χ4v) is 1.35. The highest BCUT2D eigenvalue weighted by Gasteiger charge is 2.34. The average Bonchev–Trinajstić information content (AvgIpc) is 2.32. The van der Waals surface area contributed by atoms with Crippen molar-refractivity contribution in [3.05, 3.63) is 0 Å². The van der Waals surface area contributed by atoms with E-state index in [2.05, 4.69) is 5.32 Å². The molecule has 17 heavy (non-hydrogen) atoms. The van der Waals surface area contributed by atoms with Crippen LogP contribution in [0, 0.1) is 5.41 Å². The SMILES string of the molecule is CCN(C)C(=O)CNC(=O)C(C)(CC)C(N)=S. The minimum atomic E-state index is -0.888. The van der Waals surface area contributed by atoms with Gasteiger partial charge in [0.15, 0.2) is 0 Å². The Morgan fingerprint density at radius 3 is 2.29 bits per heavy atom. The van der Waals surface area contributed by atoms with Gasteiger partial charge in [-0.15, -0.1) is 0 Å². The highest BCUT2D eigenvalue weighted by molar-refractivity contribution is 7.80. The van der Waals surface area contributed by atoms with E-state index in [1.807, 2.05) is 13.8 Å². The van der Waals surface area contributed by atoms with Gasteiger partial charge in [0.1, 0.15) is 0 Å². The fourth-order valence-electron chi connectivity index (χ4n) is 1.11. The van der Waals surface area contributed by atoms with E-state index < -0.39 is 5.41 Å². The van der Waals surface area contributed by atoms with Gasteiger partial charge in [0.25, 0.3) is 0 Å². The number of likely N-dealkylation sites (N-methyl/N-ethyl adjacent to an activating group) is 1. The molecule has 1 atom stereocenters. The summed E-state index contributed by atoms with van der Waals surface area (Å²) in [6.07, 6.45) is 0.506. The van der Waals surface area contributed by atoms with Crippen molar-refractivity contribution in [2.75, 3.05) is 20.1 Å². The van der Waals surface area contributed by atoms with E-state index in [0.717, 1.165) is 0 Å². The first-order valence-electron chi connectivity index (χ1n) is 5.61. The Balaban J connectivity index is 4.46. The van der Waals surface area contributed by atoms with Crippen LogP contribution in [0.2, 0.25) is 0 Å². The zero-order chi connectivity index (χ0) is 13.6. The minimum absolute atomic E-state index is 0.0264. The van der Waals surface area contributed by atoms with Crippen LogP contribution in [0.4, 0.5) is 0 Å². The van der Waals surface area contributed by atoms with Crippen LogP contribution in [0.1, 0.15) is 27.2 Å². The van der Waals surface area contributed by atoms with E-state index in [4.69, 9.17) is 18.0 Å². The van der Waals surface area contributed by atoms with E-state index in [1.165, 1.54) is 4.90 Å². The molecular formula is C11H21N3O2S. The van der Waals surface area contributed by atoms with Gasteiger partial charge in [-0.3, -0.25) is 9.59 Å². The van der Waals surface area contributed by atoms with E-state index in [9.17, 15) is 9.59 Å². The maximum absolute atomic E-state index is 11.9. The van der Waals surface area contributed by atoms with Gasteiger partial charge in [0, 0.05) is 13.6 Å². The van der Waals surface area contributed by atoms with Crippen molar-refractivity contribution in [1.29, 1.82) is 0 Å². The summed E-state index contributed by atoms with van der Waals surface area (Å²) in [5.74, 6) is -0.437. The van der Waals surface area contributed by atoms with Crippen LogP contribution in [-0.4, -0.2) is 41.8 Å². The summed E-state index contributed by atoms with van der Waals surface area (Å²) >= 11 is 4.88. The number of nitrogens with zero attached hydrogens (tertiary/aromatic N) is 1. The minimum Gasteiger partial charge on any atom is -0.392 e. The number of nitrogens with two attached hydrogens (primary N) is 1. The molecule has 0 rings (SSSR count). The second-order valence-corrected chi connectivity index (χ2v) is 4.58. The van der Waals surface area contributed by atoms with Crippen LogP contribution in [0.25, 0.3) is 0 Å². The van der Waals surface area contributed by atoms with Crippen molar-refractivity contribution in [2.24, 2.45) is 11.1 Å². The van der Waals surface area contributed by atoms with Gasteiger partial charge in [-0.05, 0) is 20.3 Å². The molecule has 2 amide bonds. The third-order valence-electron chi connectivity index (χ3n) is 3.05. The summed E-state index contributed by atoms with van der Waals surface area (Å²) in [6, 6.07) is 0. The molecule has 0 aromatic carbocycles. The number of thiocarbonyl (C=S) groups is 1. The predicted molar refractivity (Wildman–Crippen MR) is 71.5 cm³/mol. The van der Waals surface area contributed by atoms with E-state index in [1.54, 1.807) is 14.0 Å². The molecule has 6 heteroatoms. The number of carbonyl (C=O) groups excluding carboxylic acids is 2. The third-order valence-corrected chi connectivity index (χ3v) is 3.50. The van der Waals surface area contributed by atoms with Crippen molar-refractivity contribution < 1.29 is 9.59 Å². The van der Waals surface area contributed by atoms with E-state index in [0.29, 0.717) is 13.0 Å². The van der Waals surface area contributed by atoms with Crippen molar-refractivity contribution in [3.8, 4) is 0 Å². The molecule has 0 bridgehead atoms. The van der Waals surface area contributed by atoms with Gasteiger partial charge in [-0.2, -0.15) is 0 Å². The summed E-state index contributed by atoms with van der Waals surface area (Å²) in [4.78, 5) is 25.1. The lowest BCUT2D eigenvalue weighted by atomic mass is 9.86. The maximum atomic E-state index is 11.9. The molecule has 5 nitrogen and oxygen atoms in total. The lowest BCUT2D eigenvalue weighted by Crippen LogP contribution is -2.49. The van der Waals surface area contributed by atoms with Crippen molar-refractivity contribution in [3.63, 3.8) is 0 Å². The normalized spacial score (nSPS) is 13.6. The third kappa shape index (κ3) is 3.96. The Bertz CT molecular complexity index is 320. The molecule has 0 aliphatic rings. The van der Waals surface area contributed by atoms with Crippen LogP contribution < -0.4 is 11.1 Å². The Morgan fingerprint density at radius 2 is 1.94 bits per heavy atom. The summed E-state index contributed by atoms with van der Waals surface area (Å²) in [5, 5.41) is 2.57. The van der Waals surface area contributed by atoms with Crippen LogP contribution in [0.5, 0.6) is 0 Å². The van der Waals surface area contributed by atoms with E-state index in [-0.39, 0.29) is 23.3 Å². The molecule has 0 radical (unpaired) electrons. The van der Waals surface area contributed by atoms with Gasteiger partial charge in [-0.1, -0.05) is 19.1 Å². The quantitative estimate of drug-likeness (QED) is 0.672. The Kier molecular flexibility index (Phi) is 6.09. The molecule has 0 aliphatic carbocycles. The van der Waals surface area contributed by atoms with Crippen LogP contribution in [0.15, 0.2) is 0 Å². The zero-order valence-corrected chi connectivity index (χ0v) is 11.7. The van der Waals surface area contributed by atoms with Gasteiger partial charge in [0.05, 0.1) is 16.9 Å². The highest BCUT2D eigenvalue weighted by atomic mass is 32.1. The van der Waals surface area contributed by atoms with Gasteiger partial charge in [0.2, 0.25) is 11.8 Å². The Hall–Kier alpha value is -1.17. The molecule has 0 aromatic heterocycles. The summed E-state index contributed by atoms with van der Waals surface area (Å²) < 4.78 is 0. The maximum Gasteiger partial charge on any atom is 0.241 e. The van der Waals surface area contributed by atoms with Gasteiger partial charge in [-0.25, -0.2) is 0 Å².